The van der Waals surface area contributed by atoms with E-state index in [9.17, 15) is 9.59 Å². The number of rotatable bonds is 10. The van der Waals surface area contributed by atoms with E-state index in [0.29, 0.717) is 36.7 Å². The van der Waals surface area contributed by atoms with Crippen LogP contribution in [0, 0.1) is 13.8 Å². The molecule has 0 saturated carbocycles. The zero-order valence-electron chi connectivity index (χ0n) is 22.9. The molecule has 0 aliphatic carbocycles. The average Bonchev–Trinajstić information content (AvgIpc) is 3.27. The Balaban J connectivity index is 1.88. The van der Waals surface area contributed by atoms with Crippen molar-refractivity contribution in [1.82, 2.24) is 14.7 Å². The molecule has 37 heavy (non-hydrogen) atoms. The van der Waals surface area contributed by atoms with Gasteiger partial charge in [-0.2, -0.15) is 5.10 Å². The van der Waals surface area contributed by atoms with E-state index in [1.165, 1.54) is 4.90 Å². The summed E-state index contributed by atoms with van der Waals surface area (Å²) in [6.45, 7) is 11.1. The van der Waals surface area contributed by atoms with Gasteiger partial charge in [0.25, 0.3) is 5.91 Å². The number of ether oxygens (including phenoxy) is 2. The Morgan fingerprint density at radius 2 is 1.81 bits per heavy atom. The van der Waals surface area contributed by atoms with Crippen molar-refractivity contribution in [3.8, 4) is 11.4 Å². The largest absolute Gasteiger partial charge is 0.497 e. The second kappa shape index (κ2) is 12.1. The maximum atomic E-state index is 13.3. The van der Waals surface area contributed by atoms with E-state index in [2.05, 4.69) is 32.2 Å². The van der Waals surface area contributed by atoms with Crippen molar-refractivity contribution in [2.45, 2.75) is 46.5 Å². The highest BCUT2D eigenvalue weighted by Crippen LogP contribution is 2.28. The first kappa shape index (κ1) is 27.9. The minimum Gasteiger partial charge on any atom is -0.497 e. The van der Waals surface area contributed by atoms with Gasteiger partial charge in [0.15, 0.2) is 0 Å². The van der Waals surface area contributed by atoms with Crippen molar-refractivity contribution < 1.29 is 19.1 Å². The first-order chi connectivity index (χ1) is 17.5. The Morgan fingerprint density at radius 3 is 2.46 bits per heavy atom. The number of hydrogen-bond donors (Lipinski definition) is 1. The number of amides is 2. The summed E-state index contributed by atoms with van der Waals surface area (Å²) in [6.07, 6.45) is 0.605. The number of methoxy groups -OCH3 is 2. The molecule has 3 rings (SSSR count). The van der Waals surface area contributed by atoms with E-state index in [1.807, 2.05) is 32.0 Å². The number of carbonyl (C=O) groups is 2. The molecule has 1 aromatic heterocycles. The molecule has 0 aliphatic heterocycles. The summed E-state index contributed by atoms with van der Waals surface area (Å²) in [7, 11) is 3.17. The lowest BCUT2D eigenvalue weighted by Gasteiger charge is -2.22. The molecule has 0 fully saturated rings. The van der Waals surface area contributed by atoms with Crippen LogP contribution in [0.1, 0.15) is 54.4 Å². The summed E-state index contributed by atoms with van der Waals surface area (Å²) in [5.41, 5.74) is 4.19. The second-order valence-electron chi connectivity index (χ2n) is 10.2. The number of hydrogen-bond acceptors (Lipinski definition) is 5. The van der Waals surface area contributed by atoms with Gasteiger partial charge in [-0.25, -0.2) is 4.68 Å². The summed E-state index contributed by atoms with van der Waals surface area (Å²) in [5, 5.41) is 7.83. The molecule has 8 heteroatoms. The summed E-state index contributed by atoms with van der Waals surface area (Å²) in [6, 6.07) is 14.9. The maximum Gasteiger partial charge on any atom is 0.254 e. The molecular weight excluding hydrogens is 468 g/mol. The van der Waals surface area contributed by atoms with Gasteiger partial charge in [0.1, 0.15) is 18.1 Å². The van der Waals surface area contributed by atoms with Crippen molar-refractivity contribution in [1.29, 1.82) is 0 Å². The number of nitrogens with zero attached hydrogens (tertiary/aromatic N) is 3. The molecule has 8 nitrogen and oxygen atoms in total. The number of carbonyl (C=O) groups excluding carboxylic acids is 2. The van der Waals surface area contributed by atoms with E-state index < -0.39 is 0 Å². The first-order valence-electron chi connectivity index (χ1n) is 12.4. The highest BCUT2D eigenvalue weighted by Gasteiger charge is 2.24. The Kier molecular flexibility index (Phi) is 9.10. The lowest BCUT2D eigenvalue weighted by atomic mass is 9.92. The predicted octanol–water partition coefficient (Wildman–Crippen LogP) is 4.91. The lowest BCUT2D eigenvalue weighted by Crippen LogP contribution is -2.39. The molecular formula is C29H38N4O4. The molecule has 1 heterocycles. The fraction of sp³-hybridized carbons (Fsp3) is 0.414. The third kappa shape index (κ3) is 7.20. The summed E-state index contributed by atoms with van der Waals surface area (Å²) >= 11 is 0. The van der Waals surface area contributed by atoms with Crippen LogP contribution in [0.5, 0.6) is 5.75 Å². The monoisotopic (exact) mass is 506 g/mol. The smallest absolute Gasteiger partial charge is 0.254 e. The van der Waals surface area contributed by atoms with Gasteiger partial charge in [-0.1, -0.05) is 44.5 Å². The quantitative estimate of drug-likeness (QED) is 0.395. The number of aromatic nitrogens is 2. The molecule has 0 unspecified atom stereocenters. The SMILES string of the molecule is COCCCN(CC(=O)Nc1cc(C(C)(C)C)nn1-c1ccc(C)cc1C)C(=O)c1cccc(OC)c1. The molecule has 1 N–H and O–H groups in total. The molecule has 0 atom stereocenters. The Hall–Kier alpha value is -3.65. The standard InChI is InChI=1S/C29H38N4O4/c1-20-12-13-24(21(2)16-20)33-26(18-25(31-33)29(3,4)5)30-27(34)19-32(14-9-15-36-6)28(35)22-10-8-11-23(17-22)37-7/h8,10-13,16-18H,9,14-15,19H2,1-7H3,(H,30,34). The van der Waals surface area contributed by atoms with Crippen LogP contribution in [0.3, 0.4) is 0 Å². The third-order valence-corrected chi connectivity index (χ3v) is 6.04. The van der Waals surface area contributed by atoms with Gasteiger partial charge in [0.05, 0.1) is 18.5 Å². The molecule has 0 saturated heterocycles. The maximum absolute atomic E-state index is 13.3. The number of nitrogens with one attached hydrogen (secondary N) is 1. The number of benzene rings is 2. The van der Waals surface area contributed by atoms with Crippen LogP contribution < -0.4 is 10.1 Å². The van der Waals surface area contributed by atoms with Crippen molar-refractivity contribution in [2.75, 3.05) is 39.2 Å². The highest BCUT2D eigenvalue weighted by molar-refractivity contribution is 5.99. The van der Waals surface area contributed by atoms with Gasteiger partial charge in [-0.05, 0) is 50.1 Å². The van der Waals surface area contributed by atoms with E-state index in [4.69, 9.17) is 14.6 Å². The Bertz CT molecular complexity index is 1240. The van der Waals surface area contributed by atoms with Gasteiger partial charge >= 0.3 is 0 Å². The molecule has 0 bridgehead atoms. The third-order valence-electron chi connectivity index (χ3n) is 6.04. The summed E-state index contributed by atoms with van der Waals surface area (Å²) in [4.78, 5) is 28.2. The van der Waals surface area contributed by atoms with Crippen molar-refractivity contribution >= 4 is 17.6 Å². The van der Waals surface area contributed by atoms with Crippen LogP contribution in [0.2, 0.25) is 0 Å². The minimum atomic E-state index is -0.306. The fourth-order valence-electron chi connectivity index (χ4n) is 4.01. The van der Waals surface area contributed by atoms with Gasteiger partial charge in [-0.3, -0.25) is 9.59 Å². The number of anilines is 1. The van der Waals surface area contributed by atoms with E-state index in [0.717, 1.165) is 22.5 Å². The minimum absolute atomic E-state index is 0.108. The summed E-state index contributed by atoms with van der Waals surface area (Å²) in [5.74, 6) is 0.593. The second-order valence-corrected chi connectivity index (χ2v) is 10.2. The zero-order valence-corrected chi connectivity index (χ0v) is 22.9. The summed E-state index contributed by atoms with van der Waals surface area (Å²) < 4.78 is 12.2. The van der Waals surface area contributed by atoms with Gasteiger partial charge < -0.3 is 19.7 Å². The van der Waals surface area contributed by atoms with Crippen molar-refractivity contribution in [3.05, 3.63) is 70.9 Å². The van der Waals surface area contributed by atoms with E-state index >= 15 is 0 Å². The van der Waals surface area contributed by atoms with Gasteiger partial charge in [0.2, 0.25) is 5.91 Å². The van der Waals surface area contributed by atoms with Crippen molar-refractivity contribution in [2.24, 2.45) is 0 Å². The van der Waals surface area contributed by atoms with Gasteiger partial charge in [-0.15, -0.1) is 0 Å². The Labute approximate surface area is 219 Å². The van der Waals surface area contributed by atoms with E-state index in [1.54, 1.807) is 43.2 Å². The lowest BCUT2D eigenvalue weighted by molar-refractivity contribution is -0.117. The van der Waals surface area contributed by atoms with Crippen LogP contribution in [0.25, 0.3) is 5.69 Å². The average molecular weight is 507 g/mol. The highest BCUT2D eigenvalue weighted by atomic mass is 16.5. The van der Waals surface area contributed by atoms with Crippen LogP contribution in [0.4, 0.5) is 5.82 Å². The molecule has 198 valence electrons. The van der Waals surface area contributed by atoms with Gasteiger partial charge in [0, 0.05) is 37.3 Å². The molecule has 0 aliphatic rings. The van der Waals surface area contributed by atoms with Crippen LogP contribution >= 0.6 is 0 Å². The molecule has 2 amide bonds. The topological polar surface area (TPSA) is 85.7 Å². The van der Waals surface area contributed by atoms with Crippen molar-refractivity contribution in [3.63, 3.8) is 0 Å². The first-order valence-corrected chi connectivity index (χ1v) is 12.4. The molecule has 3 aromatic rings. The fourth-order valence-corrected chi connectivity index (χ4v) is 4.01. The normalized spacial score (nSPS) is 11.3. The van der Waals surface area contributed by atoms with Crippen LogP contribution in [-0.4, -0.2) is 60.4 Å². The molecule has 0 radical (unpaired) electrons. The Morgan fingerprint density at radius 1 is 1.05 bits per heavy atom. The van der Waals surface area contributed by atoms with E-state index in [-0.39, 0.29) is 23.8 Å². The zero-order chi connectivity index (χ0) is 27.2. The van der Waals surface area contributed by atoms with Crippen LogP contribution in [-0.2, 0) is 14.9 Å². The number of aryl methyl sites for hydroxylation is 2. The molecule has 0 spiro atoms. The van der Waals surface area contributed by atoms with Crippen LogP contribution in [0.15, 0.2) is 48.5 Å². The predicted molar refractivity (Wildman–Crippen MR) is 146 cm³/mol. The molecule has 2 aromatic carbocycles.